The second-order valence-corrected chi connectivity index (χ2v) is 7.11. The second kappa shape index (κ2) is 8.23. The van der Waals surface area contributed by atoms with Crippen molar-refractivity contribution in [3.8, 4) is 0 Å². The van der Waals surface area contributed by atoms with Crippen LogP contribution in [0.2, 0.25) is 0 Å². The monoisotopic (exact) mass is 464 g/mol. The number of imidazole rings is 1. The van der Waals surface area contributed by atoms with Gasteiger partial charge in [-0.05, 0) is 35.4 Å². The fourth-order valence-corrected chi connectivity index (χ4v) is 3.26. The number of hydrogen-bond donors (Lipinski definition) is 2. The largest absolute Gasteiger partial charge is 0.449 e. The van der Waals surface area contributed by atoms with Crippen LogP contribution < -0.4 is 5.32 Å². The number of fused-ring (bicyclic) bond motifs is 1. The zero-order valence-corrected chi connectivity index (χ0v) is 16.5. The minimum atomic E-state index is -4.65. The third-order valence-electron chi connectivity index (χ3n) is 4.83. The Bertz CT molecular complexity index is 1280. The maximum Gasteiger partial charge on any atom is 0.449 e. The summed E-state index contributed by atoms with van der Waals surface area (Å²) in [6, 6.07) is 13.8. The molecule has 1 unspecified atom stereocenters. The average Bonchev–Trinajstić information content (AvgIpc) is 3.21. The van der Waals surface area contributed by atoms with E-state index in [2.05, 4.69) is 20.3 Å². The van der Waals surface area contributed by atoms with Crippen LogP contribution in [0.1, 0.15) is 39.0 Å². The summed E-state index contributed by atoms with van der Waals surface area (Å²) < 4.78 is 77.2. The van der Waals surface area contributed by atoms with E-state index < -0.39 is 35.8 Å². The molecule has 0 aliphatic rings. The number of alkyl halides is 6. The number of nitrogens with zero attached hydrogens (tertiary/aromatic N) is 2. The smallest absolute Gasteiger partial charge is 0.341 e. The van der Waals surface area contributed by atoms with Gasteiger partial charge in [0.05, 0.1) is 22.6 Å². The van der Waals surface area contributed by atoms with Crippen molar-refractivity contribution < 1.29 is 31.1 Å². The summed E-state index contributed by atoms with van der Waals surface area (Å²) in [5.41, 5.74) is 0.0250. The molecule has 4 rings (SSSR count). The van der Waals surface area contributed by atoms with Crippen molar-refractivity contribution in [3.63, 3.8) is 0 Å². The molecule has 4 aromatic rings. The molecule has 0 saturated heterocycles. The van der Waals surface area contributed by atoms with Crippen molar-refractivity contribution in [1.82, 2.24) is 20.3 Å². The van der Waals surface area contributed by atoms with Gasteiger partial charge in [-0.1, -0.05) is 36.4 Å². The summed E-state index contributed by atoms with van der Waals surface area (Å²) in [7, 11) is 0. The first-order valence-corrected chi connectivity index (χ1v) is 9.48. The first-order chi connectivity index (χ1) is 15.5. The van der Waals surface area contributed by atoms with Crippen molar-refractivity contribution >= 4 is 16.9 Å². The zero-order chi connectivity index (χ0) is 23.8. The first kappa shape index (κ1) is 22.3. The van der Waals surface area contributed by atoms with Gasteiger partial charge in [-0.2, -0.15) is 26.3 Å². The molecule has 0 radical (unpaired) electrons. The molecule has 2 heterocycles. The predicted molar refractivity (Wildman–Crippen MR) is 106 cm³/mol. The quantitative estimate of drug-likeness (QED) is 0.391. The van der Waals surface area contributed by atoms with E-state index in [-0.39, 0.29) is 16.6 Å². The summed E-state index contributed by atoms with van der Waals surface area (Å²) in [5.74, 6) is -1.85. The Morgan fingerprint density at radius 3 is 2.21 bits per heavy atom. The molecule has 0 aliphatic carbocycles. The van der Waals surface area contributed by atoms with Crippen LogP contribution in [0.25, 0.3) is 11.0 Å². The SMILES string of the molecule is O=C(NC(c1ccccc1)c1ccc2nc(C(F)(F)F)[nH]c2c1)c1ccc(C(F)(F)F)nc1. The summed E-state index contributed by atoms with van der Waals surface area (Å²) in [4.78, 5) is 21.8. The summed E-state index contributed by atoms with van der Waals surface area (Å²) in [6.07, 6.45) is -8.48. The number of amides is 1. The van der Waals surface area contributed by atoms with Gasteiger partial charge in [0, 0.05) is 6.20 Å². The molecule has 2 aromatic carbocycles. The maximum absolute atomic E-state index is 13.0. The van der Waals surface area contributed by atoms with Gasteiger partial charge in [0.15, 0.2) is 0 Å². The number of carbonyl (C=O) groups excluding carboxylic acids is 1. The standard InChI is InChI=1S/C22H14F6N4O/c23-21(24,25)17-9-7-14(11-29-17)19(33)32-18(12-4-2-1-3-5-12)13-6-8-15-16(10-13)31-20(30-15)22(26,27)28/h1-11,18H,(H,30,31)(H,32,33). The minimum absolute atomic E-state index is 0.0937. The molecule has 5 nitrogen and oxygen atoms in total. The van der Waals surface area contributed by atoms with E-state index in [9.17, 15) is 31.1 Å². The number of halogens is 6. The normalized spacial score (nSPS) is 13.2. The van der Waals surface area contributed by atoms with E-state index in [1.807, 2.05) is 0 Å². The molecule has 33 heavy (non-hydrogen) atoms. The summed E-state index contributed by atoms with van der Waals surface area (Å²) in [5, 5.41) is 2.71. The van der Waals surface area contributed by atoms with Crippen LogP contribution >= 0.6 is 0 Å². The van der Waals surface area contributed by atoms with Crippen LogP contribution in [0.15, 0.2) is 66.9 Å². The highest BCUT2D eigenvalue weighted by Crippen LogP contribution is 2.31. The molecule has 0 aliphatic heterocycles. The lowest BCUT2D eigenvalue weighted by atomic mass is 9.98. The van der Waals surface area contributed by atoms with E-state index in [0.717, 1.165) is 12.3 Å². The lowest BCUT2D eigenvalue weighted by Crippen LogP contribution is -2.29. The molecule has 170 valence electrons. The molecular formula is C22H14F6N4O. The Morgan fingerprint density at radius 2 is 1.61 bits per heavy atom. The number of H-pyrrole nitrogens is 1. The zero-order valence-electron chi connectivity index (χ0n) is 16.5. The minimum Gasteiger partial charge on any atom is -0.341 e. The van der Waals surface area contributed by atoms with Crippen LogP contribution in [0, 0.1) is 0 Å². The van der Waals surface area contributed by atoms with Gasteiger partial charge < -0.3 is 10.3 Å². The van der Waals surface area contributed by atoms with Gasteiger partial charge in [-0.3, -0.25) is 9.78 Å². The van der Waals surface area contributed by atoms with E-state index in [1.54, 1.807) is 30.3 Å². The number of nitrogens with one attached hydrogen (secondary N) is 2. The lowest BCUT2D eigenvalue weighted by molar-refractivity contribution is -0.144. The number of rotatable bonds is 4. The molecule has 0 fully saturated rings. The number of aromatic nitrogens is 3. The topological polar surface area (TPSA) is 70.7 Å². The Morgan fingerprint density at radius 1 is 0.879 bits per heavy atom. The fourth-order valence-electron chi connectivity index (χ4n) is 3.26. The Kier molecular flexibility index (Phi) is 5.56. The number of benzene rings is 2. The van der Waals surface area contributed by atoms with Crippen LogP contribution in [-0.2, 0) is 12.4 Å². The van der Waals surface area contributed by atoms with Gasteiger partial charge in [-0.15, -0.1) is 0 Å². The van der Waals surface area contributed by atoms with Crippen molar-refractivity contribution in [2.75, 3.05) is 0 Å². The van der Waals surface area contributed by atoms with Crippen molar-refractivity contribution in [1.29, 1.82) is 0 Å². The molecule has 0 bridgehead atoms. The molecule has 0 spiro atoms. The Balaban J connectivity index is 1.68. The Labute approximate surface area is 182 Å². The van der Waals surface area contributed by atoms with Crippen LogP contribution in [0.5, 0.6) is 0 Å². The van der Waals surface area contributed by atoms with Crippen molar-refractivity contribution in [2.45, 2.75) is 18.4 Å². The second-order valence-electron chi connectivity index (χ2n) is 7.11. The average molecular weight is 464 g/mol. The molecule has 1 atom stereocenters. The third kappa shape index (κ3) is 4.81. The number of pyridine rings is 1. The lowest BCUT2D eigenvalue weighted by Gasteiger charge is -2.20. The molecule has 0 saturated carbocycles. The van der Waals surface area contributed by atoms with Crippen molar-refractivity contribution in [3.05, 3.63) is 95.1 Å². The van der Waals surface area contributed by atoms with Crippen molar-refractivity contribution in [2.24, 2.45) is 0 Å². The highest BCUT2D eigenvalue weighted by molar-refractivity contribution is 5.94. The fraction of sp³-hybridized carbons (Fsp3) is 0.136. The molecule has 1 amide bonds. The van der Waals surface area contributed by atoms with Crippen LogP contribution in [-0.4, -0.2) is 20.9 Å². The summed E-state index contributed by atoms with van der Waals surface area (Å²) >= 11 is 0. The maximum atomic E-state index is 13.0. The molecule has 11 heteroatoms. The molecule has 2 N–H and O–H groups in total. The molecule has 2 aromatic heterocycles. The Hall–Kier alpha value is -3.89. The highest BCUT2D eigenvalue weighted by atomic mass is 19.4. The van der Waals surface area contributed by atoms with E-state index in [4.69, 9.17) is 0 Å². The molecular weight excluding hydrogens is 450 g/mol. The van der Waals surface area contributed by atoms with Gasteiger partial charge in [0.2, 0.25) is 5.82 Å². The predicted octanol–water partition coefficient (Wildman–Crippen LogP) is 5.51. The number of aromatic amines is 1. The van der Waals surface area contributed by atoms with E-state index in [1.165, 1.54) is 18.2 Å². The van der Waals surface area contributed by atoms with Crippen LogP contribution in [0.3, 0.4) is 0 Å². The van der Waals surface area contributed by atoms with Gasteiger partial charge in [0.1, 0.15) is 5.69 Å². The van der Waals surface area contributed by atoms with E-state index in [0.29, 0.717) is 17.2 Å². The highest BCUT2D eigenvalue weighted by Gasteiger charge is 2.35. The van der Waals surface area contributed by atoms with Gasteiger partial charge >= 0.3 is 12.4 Å². The third-order valence-corrected chi connectivity index (χ3v) is 4.83. The van der Waals surface area contributed by atoms with Gasteiger partial charge in [-0.25, -0.2) is 4.98 Å². The van der Waals surface area contributed by atoms with Gasteiger partial charge in [0.25, 0.3) is 5.91 Å². The first-order valence-electron chi connectivity index (χ1n) is 9.48. The number of hydrogen-bond acceptors (Lipinski definition) is 3. The number of carbonyl (C=O) groups is 1. The van der Waals surface area contributed by atoms with E-state index >= 15 is 0 Å². The summed E-state index contributed by atoms with van der Waals surface area (Å²) in [6.45, 7) is 0. The van der Waals surface area contributed by atoms with Crippen LogP contribution in [0.4, 0.5) is 26.3 Å².